The number of hydrogen-bond donors (Lipinski definition) is 0. The first-order valence-electron chi connectivity index (χ1n) is 6.30. The molecule has 0 aliphatic rings. The van der Waals surface area contributed by atoms with E-state index >= 15 is 0 Å². The Morgan fingerprint density at radius 3 is 2.53 bits per heavy atom. The van der Waals surface area contributed by atoms with Crippen molar-refractivity contribution in [3.8, 4) is 11.3 Å². The molecule has 3 rings (SSSR count). The van der Waals surface area contributed by atoms with Crippen LogP contribution in [-0.4, -0.2) is 28.7 Å². The van der Waals surface area contributed by atoms with Gasteiger partial charge in [0.25, 0.3) is 0 Å². The first kappa shape index (κ1) is 12.2. The lowest BCUT2D eigenvalue weighted by molar-refractivity contribution is 0.910. The Morgan fingerprint density at radius 2 is 1.95 bits per heavy atom. The zero-order valence-corrected chi connectivity index (χ0v) is 12.1. The van der Waals surface area contributed by atoms with Gasteiger partial charge in [-0.15, -0.1) is 0 Å². The zero-order chi connectivity index (χ0) is 13.4. The van der Waals surface area contributed by atoms with E-state index < -0.39 is 0 Å². The molecule has 0 atom stereocenters. The van der Waals surface area contributed by atoms with Crippen molar-refractivity contribution in [2.24, 2.45) is 0 Å². The van der Waals surface area contributed by atoms with Crippen LogP contribution in [0.15, 0.2) is 30.5 Å². The highest BCUT2D eigenvalue weighted by atomic mass is 32.1. The molecule has 0 bridgehead atoms. The molecule has 0 aliphatic carbocycles. The van der Waals surface area contributed by atoms with Gasteiger partial charge in [0.15, 0.2) is 0 Å². The number of imidazole rings is 1. The van der Waals surface area contributed by atoms with Gasteiger partial charge in [-0.05, 0) is 18.6 Å². The summed E-state index contributed by atoms with van der Waals surface area (Å²) in [5, 5.41) is 5.61. The van der Waals surface area contributed by atoms with Crippen molar-refractivity contribution in [1.82, 2.24) is 14.6 Å². The number of fused-ring (bicyclic) bond motifs is 1. The number of aromatic nitrogens is 3. The van der Waals surface area contributed by atoms with E-state index in [1.165, 1.54) is 5.69 Å². The van der Waals surface area contributed by atoms with Crippen molar-refractivity contribution in [2.75, 3.05) is 19.0 Å². The van der Waals surface area contributed by atoms with Crippen LogP contribution in [0.2, 0.25) is 0 Å². The Morgan fingerprint density at radius 1 is 1.21 bits per heavy atom. The van der Waals surface area contributed by atoms with Gasteiger partial charge in [-0.2, -0.15) is 5.10 Å². The first-order valence-corrected chi connectivity index (χ1v) is 7.12. The van der Waals surface area contributed by atoms with Gasteiger partial charge in [0.2, 0.25) is 4.96 Å². The molecule has 2 heterocycles. The highest BCUT2D eigenvalue weighted by Crippen LogP contribution is 2.24. The minimum absolute atomic E-state index is 0.959. The average Bonchev–Trinajstić information content (AvgIpc) is 2.96. The quantitative estimate of drug-likeness (QED) is 0.734. The Balaban J connectivity index is 1.96. The second kappa shape index (κ2) is 4.66. The number of hydrogen-bond acceptors (Lipinski definition) is 4. The number of nitrogens with zero attached hydrogens (tertiary/aromatic N) is 4. The lowest BCUT2D eigenvalue weighted by Crippen LogP contribution is -2.07. The normalized spacial score (nSPS) is 11.1. The zero-order valence-electron chi connectivity index (χ0n) is 11.3. The van der Waals surface area contributed by atoms with E-state index in [0.717, 1.165) is 27.6 Å². The minimum Gasteiger partial charge on any atom is -0.378 e. The van der Waals surface area contributed by atoms with E-state index in [9.17, 15) is 0 Å². The van der Waals surface area contributed by atoms with E-state index in [-0.39, 0.29) is 0 Å². The molecular formula is C14H16N4S. The van der Waals surface area contributed by atoms with Crippen LogP contribution < -0.4 is 4.90 Å². The molecule has 1 aromatic carbocycles. The van der Waals surface area contributed by atoms with Crippen molar-refractivity contribution in [1.29, 1.82) is 0 Å². The molecule has 98 valence electrons. The second-order valence-corrected chi connectivity index (χ2v) is 5.68. The molecule has 0 fully saturated rings. The van der Waals surface area contributed by atoms with E-state index in [1.807, 2.05) is 24.8 Å². The predicted octanol–water partition coefficient (Wildman–Crippen LogP) is 3.09. The number of benzene rings is 1. The van der Waals surface area contributed by atoms with E-state index in [0.29, 0.717) is 0 Å². The topological polar surface area (TPSA) is 33.4 Å². The summed E-state index contributed by atoms with van der Waals surface area (Å²) in [7, 11) is 4.08. The molecule has 0 spiro atoms. The summed E-state index contributed by atoms with van der Waals surface area (Å²) in [5.41, 5.74) is 3.30. The molecule has 0 radical (unpaired) electrons. The van der Waals surface area contributed by atoms with Crippen LogP contribution in [0.1, 0.15) is 11.9 Å². The van der Waals surface area contributed by atoms with Gasteiger partial charge in [0.05, 0.1) is 11.9 Å². The summed E-state index contributed by atoms with van der Waals surface area (Å²) in [6.45, 7) is 2.11. The molecule has 2 aromatic heterocycles. The van der Waals surface area contributed by atoms with Crippen LogP contribution in [0.4, 0.5) is 5.69 Å². The highest BCUT2D eigenvalue weighted by molar-refractivity contribution is 7.16. The molecule has 0 saturated carbocycles. The fraction of sp³-hybridized carbons (Fsp3) is 0.286. The predicted molar refractivity (Wildman–Crippen MR) is 80.0 cm³/mol. The van der Waals surface area contributed by atoms with Crippen LogP contribution in [0.5, 0.6) is 0 Å². The Bertz CT molecular complexity index is 662. The third kappa shape index (κ3) is 2.21. The summed E-state index contributed by atoms with van der Waals surface area (Å²) in [6.07, 6.45) is 2.95. The maximum Gasteiger partial charge on any atom is 0.212 e. The van der Waals surface area contributed by atoms with E-state index in [2.05, 4.69) is 46.2 Å². The van der Waals surface area contributed by atoms with Gasteiger partial charge in [-0.3, -0.25) is 0 Å². The van der Waals surface area contributed by atoms with Crippen LogP contribution in [-0.2, 0) is 6.42 Å². The Kier molecular flexibility index (Phi) is 2.98. The van der Waals surface area contributed by atoms with Gasteiger partial charge < -0.3 is 4.90 Å². The molecule has 5 heteroatoms. The van der Waals surface area contributed by atoms with Gasteiger partial charge in [0.1, 0.15) is 5.01 Å². The van der Waals surface area contributed by atoms with Crippen LogP contribution >= 0.6 is 11.3 Å². The SMILES string of the molecule is CCc1nn2cc(-c3ccc(N(C)C)cc3)nc2s1. The minimum atomic E-state index is 0.959. The molecule has 3 aromatic rings. The molecular weight excluding hydrogens is 256 g/mol. The van der Waals surface area contributed by atoms with Crippen LogP contribution in [0.25, 0.3) is 16.2 Å². The van der Waals surface area contributed by atoms with Gasteiger partial charge in [0, 0.05) is 25.3 Å². The number of anilines is 1. The highest BCUT2D eigenvalue weighted by Gasteiger charge is 2.08. The third-order valence-electron chi connectivity index (χ3n) is 3.07. The van der Waals surface area contributed by atoms with Gasteiger partial charge in [-0.1, -0.05) is 30.4 Å². The Hall–Kier alpha value is -1.88. The van der Waals surface area contributed by atoms with Crippen molar-refractivity contribution >= 4 is 22.0 Å². The second-order valence-electron chi connectivity index (χ2n) is 4.64. The summed E-state index contributed by atoms with van der Waals surface area (Å²) in [4.78, 5) is 7.68. The first-order chi connectivity index (χ1) is 9.17. The van der Waals surface area contributed by atoms with Crippen LogP contribution in [0, 0.1) is 0 Å². The summed E-state index contributed by atoms with van der Waals surface area (Å²) in [5.74, 6) is 0. The lowest BCUT2D eigenvalue weighted by atomic mass is 10.1. The van der Waals surface area contributed by atoms with Crippen molar-refractivity contribution in [2.45, 2.75) is 13.3 Å². The molecule has 0 amide bonds. The fourth-order valence-electron chi connectivity index (χ4n) is 1.95. The smallest absolute Gasteiger partial charge is 0.212 e. The summed E-state index contributed by atoms with van der Waals surface area (Å²) >= 11 is 1.65. The van der Waals surface area contributed by atoms with Gasteiger partial charge in [-0.25, -0.2) is 9.50 Å². The molecule has 0 unspecified atom stereocenters. The Labute approximate surface area is 116 Å². The number of aryl methyl sites for hydroxylation is 1. The van der Waals surface area contributed by atoms with E-state index in [4.69, 9.17) is 0 Å². The average molecular weight is 272 g/mol. The number of rotatable bonds is 3. The third-order valence-corrected chi connectivity index (χ3v) is 4.13. The van der Waals surface area contributed by atoms with Crippen molar-refractivity contribution < 1.29 is 0 Å². The fourth-order valence-corrected chi connectivity index (χ4v) is 2.77. The van der Waals surface area contributed by atoms with Crippen LogP contribution in [0.3, 0.4) is 0 Å². The van der Waals surface area contributed by atoms with E-state index in [1.54, 1.807) is 11.3 Å². The van der Waals surface area contributed by atoms with Gasteiger partial charge >= 0.3 is 0 Å². The summed E-state index contributed by atoms with van der Waals surface area (Å²) < 4.78 is 1.87. The van der Waals surface area contributed by atoms with Crippen molar-refractivity contribution in [3.05, 3.63) is 35.5 Å². The molecule has 19 heavy (non-hydrogen) atoms. The monoisotopic (exact) mass is 272 g/mol. The maximum absolute atomic E-state index is 4.63. The van der Waals surface area contributed by atoms with Crippen molar-refractivity contribution in [3.63, 3.8) is 0 Å². The largest absolute Gasteiger partial charge is 0.378 e. The standard InChI is InChI=1S/C14H16N4S/c1-4-13-16-18-9-12(15-14(18)19-13)10-5-7-11(8-6-10)17(2)3/h5-9H,4H2,1-3H3. The maximum atomic E-state index is 4.63. The molecule has 4 nitrogen and oxygen atoms in total. The summed E-state index contributed by atoms with van der Waals surface area (Å²) in [6, 6.07) is 8.41. The lowest BCUT2D eigenvalue weighted by Gasteiger charge is -2.11. The molecule has 0 N–H and O–H groups in total. The molecule has 0 aliphatic heterocycles. The molecule has 0 saturated heterocycles.